The number of nitrogens with one attached hydrogen (secondary N) is 1. The Kier molecular flexibility index (Phi) is 4.58. The molecule has 2 aromatic heterocycles. The highest BCUT2D eigenvalue weighted by Gasteiger charge is 2.26. The van der Waals surface area contributed by atoms with E-state index in [2.05, 4.69) is 10.5 Å². The van der Waals surface area contributed by atoms with Crippen molar-refractivity contribution in [3.8, 4) is 17.1 Å². The number of fused-ring (bicyclic) bond motifs is 2. The summed E-state index contributed by atoms with van der Waals surface area (Å²) in [6, 6.07) is 7.40. The third-order valence-corrected chi connectivity index (χ3v) is 6.78. The molecule has 3 aromatic rings. The molecule has 5 rings (SSSR count). The Hall–Kier alpha value is -3.13. The van der Waals surface area contributed by atoms with E-state index in [0.717, 1.165) is 59.4 Å². The molecule has 0 saturated carbocycles. The minimum absolute atomic E-state index is 0.150. The number of anilines is 1. The van der Waals surface area contributed by atoms with Gasteiger partial charge in [0.25, 0.3) is 11.8 Å². The van der Waals surface area contributed by atoms with Gasteiger partial charge in [0, 0.05) is 22.9 Å². The summed E-state index contributed by atoms with van der Waals surface area (Å²) in [5.41, 5.74) is 9.10. The zero-order chi connectivity index (χ0) is 20.8. The lowest BCUT2D eigenvalue weighted by Gasteiger charge is -2.11. The highest BCUT2D eigenvalue weighted by Crippen LogP contribution is 2.38. The number of benzene rings is 1. The standard InChI is InChI=1S/C22H21N3O4S/c1-11-8-13-9-12(6-7-16(13)28-11)17-10-15(25-29-17)21(27)24-22-19(20(23)26)14-4-2-3-5-18(14)30-22/h6-7,9-11H,2-5,8H2,1H3,(H2,23,26)(H,24,27)/t11-/m1/s1. The van der Waals surface area contributed by atoms with E-state index in [1.807, 2.05) is 25.1 Å². The smallest absolute Gasteiger partial charge is 0.278 e. The van der Waals surface area contributed by atoms with Gasteiger partial charge in [-0.05, 0) is 61.9 Å². The van der Waals surface area contributed by atoms with Crippen LogP contribution in [0.25, 0.3) is 11.3 Å². The number of thiophene rings is 1. The molecule has 7 nitrogen and oxygen atoms in total. The van der Waals surface area contributed by atoms with E-state index in [4.69, 9.17) is 15.0 Å². The first-order valence-corrected chi connectivity index (χ1v) is 10.8. The average molecular weight is 423 g/mol. The Labute approximate surface area is 177 Å². The molecule has 1 aromatic carbocycles. The molecule has 0 spiro atoms. The zero-order valence-corrected chi connectivity index (χ0v) is 17.3. The highest BCUT2D eigenvalue weighted by molar-refractivity contribution is 7.17. The van der Waals surface area contributed by atoms with Crippen molar-refractivity contribution in [2.24, 2.45) is 5.73 Å². The fourth-order valence-corrected chi connectivity index (χ4v) is 5.47. The van der Waals surface area contributed by atoms with Crippen molar-refractivity contribution in [2.75, 3.05) is 5.32 Å². The monoisotopic (exact) mass is 423 g/mol. The molecule has 3 N–H and O–H groups in total. The van der Waals surface area contributed by atoms with Crippen LogP contribution in [0.1, 0.15) is 56.6 Å². The fourth-order valence-electron chi connectivity index (χ4n) is 4.18. The third-order valence-electron chi connectivity index (χ3n) is 5.57. The van der Waals surface area contributed by atoms with Gasteiger partial charge in [-0.25, -0.2) is 0 Å². The Morgan fingerprint density at radius 3 is 2.90 bits per heavy atom. The summed E-state index contributed by atoms with van der Waals surface area (Å²) in [6.45, 7) is 2.03. The number of hydrogen-bond acceptors (Lipinski definition) is 6. The van der Waals surface area contributed by atoms with E-state index in [1.54, 1.807) is 6.07 Å². The lowest BCUT2D eigenvalue weighted by molar-refractivity contribution is 0.100. The fraction of sp³-hybridized carbons (Fsp3) is 0.318. The van der Waals surface area contributed by atoms with Crippen LogP contribution >= 0.6 is 11.3 Å². The third kappa shape index (κ3) is 3.27. The number of carbonyl (C=O) groups is 2. The molecule has 0 fully saturated rings. The number of primary amides is 1. The molecule has 0 bridgehead atoms. The molecular weight excluding hydrogens is 402 g/mol. The largest absolute Gasteiger partial charge is 0.490 e. The van der Waals surface area contributed by atoms with Crippen LogP contribution in [0.4, 0.5) is 5.00 Å². The molecule has 1 aliphatic heterocycles. The van der Waals surface area contributed by atoms with Gasteiger partial charge in [0.2, 0.25) is 0 Å². The number of carbonyl (C=O) groups excluding carboxylic acids is 2. The van der Waals surface area contributed by atoms with Gasteiger partial charge >= 0.3 is 0 Å². The summed E-state index contributed by atoms with van der Waals surface area (Å²) < 4.78 is 11.1. The lowest BCUT2D eigenvalue weighted by atomic mass is 9.95. The second-order valence-electron chi connectivity index (χ2n) is 7.76. The van der Waals surface area contributed by atoms with E-state index in [1.165, 1.54) is 11.3 Å². The lowest BCUT2D eigenvalue weighted by Crippen LogP contribution is -2.18. The van der Waals surface area contributed by atoms with Crippen molar-refractivity contribution in [2.45, 2.75) is 45.1 Å². The molecule has 0 saturated heterocycles. The maximum atomic E-state index is 12.8. The van der Waals surface area contributed by atoms with Gasteiger partial charge in [-0.1, -0.05) is 5.16 Å². The van der Waals surface area contributed by atoms with E-state index in [9.17, 15) is 9.59 Å². The molecule has 0 unspecified atom stereocenters. The number of nitrogens with zero attached hydrogens (tertiary/aromatic N) is 1. The van der Waals surface area contributed by atoms with Crippen molar-refractivity contribution in [1.29, 1.82) is 0 Å². The predicted octanol–water partition coefficient (Wildman–Crippen LogP) is 3.96. The number of ether oxygens (including phenoxy) is 1. The number of hydrogen-bond donors (Lipinski definition) is 2. The van der Waals surface area contributed by atoms with Crippen molar-refractivity contribution < 1.29 is 18.8 Å². The van der Waals surface area contributed by atoms with Gasteiger partial charge in [-0.2, -0.15) is 0 Å². The first-order valence-electron chi connectivity index (χ1n) is 10.0. The van der Waals surface area contributed by atoms with Crippen LogP contribution in [0, 0.1) is 0 Å². The molecule has 2 aliphatic rings. The van der Waals surface area contributed by atoms with Crippen molar-refractivity contribution in [3.05, 3.63) is 51.5 Å². The summed E-state index contributed by atoms with van der Waals surface area (Å²) in [5.74, 6) is 0.441. The van der Waals surface area contributed by atoms with Crippen molar-refractivity contribution >= 4 is 28.2 Å². The first-order chi connectivity index (χ1) is 14.5. The highest BCUT2D eigenvalue weighted by atomic mass is 32.1. The quantitative estimate of drug-likeness (QED) is 0.660. The normalized spacial score (nSPS) is 17.2. The second-order valence-corrected chi connectivity index (χ2v) is 8.87. The molecule has 8 heteroatoms. The number of nitrogens with two attached hydrogens (primary N) is 1. The minimum atomic E-state index is -0.514. The van der Waals surface area contributed by atoms with Gasteiger partial charge in [-0.15, -0.1) is 11.3 Å². The van der Waals surface area contributed by atoms with Gasteiger partial charge < -0.3 is 20.3 Å². The maximum absolute atomic E-state index is 12.8. The van der Waals surface area contributed by atoms with Crippen LogP contribution in [0.2, 0.25) is 0 Å². The molecule has 3 heterocycles. The van der Waals surface area contributed by atoms with E-state index >= 15 is 0 Å². The molecule has 0 radical (unpaired) electrons. The van der Waals surface area contributed by atoms with Crippen molar-refractivity contribution in [3.63, 3.8) is 0 Å². The molecule has 30 heavy (non-hydrogen) atoms. The average Bonchev–Trinajstić information content (AvgIpc) is 3.42. The number of amides is 2. The minimum Gasteiger partial charge on any atom is -0.490 e. The maximum Gasteiger partial charge on any atom is 0.278 e. The first kappa shape index (κ1) is 18.9. The van der Waals surface area contributed by atoms with Gasteiger partial charge in [0.1, 0.15) is 16.9 Å². The summed E-state index contributed by atoms with van der Waals surface area (Å²) in [4.78, 5) is 25.9. The summed E-state index contributed by atoms with van der Waals surface area (Å²) in [6.07, 6.45) is 4.82. The zero-order valence-electron chi connectivity index (χ0n) is 16.5. The molecule has 1 aliphatic carbocycles. The molecule has 1 atom stereocenters. The summed E-state index contributed by atoms with van der Waals surface area (Å²) >= 11 is 1.43. The molecule has 2 amide bonds. The molecular formula is C22H21N3O4S. The predicted molar refractivity (Wildman–Crippen MR) is 113 cm³/mol. The van der Waals surface area contributed by atoms with Gasteiger partial charge in [0.05, 0.1) is 5.56 Å². The number of rotatable bonds is 4. The van der Waals surface area contributed by atoms with Gasteiger partial charge in [0.15, 0.2) is 11.5 Å². The van der Waals surface area contributed by atoms with Crippen LogP contribution in [0.5, 0.6) is 5.75 Å². The topological polar surface area (TPSA) is 107 Å². The Morgan fingerprint density at radius 1 is 1.23 bits per heavy atom. The Balaban J connectivity index is 1.39. The second kappa shape index (κ2) is 7.28. The molecule has 154 valence electrons. The van der Waals surface area contributed by atoms with E-state index < -0.39 is 11.8 Å². The van der Waals surface area contributed by atoms with Crippen LogP contribution in [-0.2, 0) is 19.3 Å². The van der Waals surface area contributed by atoms with Crippen LogP contribution in [-0.4, -0.2) is 23.1 Å². The van der Waals surface area contributed by atoms with Gasteiger partial charge in [-0.3, -0.25) is 9.59 Å². The Morgan fingerprint density at radius 2 is 2.07 bits per heavy atom. The summed E-state index contributed by atoms with van der Waals surface area (Å²) in [7, 11) is 0. The number of aryl methyl sites for hydroxylation is 1. The van der Waals surface area contributed by atoms with E-state index in [-0.39, 0.29) is 11.8 Å². The Bertz CT molecular complexity index is 1160. The van der Waals surface area contributed by atoms with Crippen LogP contribution in [0.15, 0.2) is 28.8 Å². The van der Waals surface area contributed by atoms with Crippen LogP contribution in [0.3, 0.4) is 0 Å². The SMILES string of the molecule is C[C@@H]1Cc2cc(-c3cc(C(=O)Nc4sc5c(c4C(N)=O)CCCC5)no3)ccc2O1. The van der Waals surface area contributed by atoms with Crippen LogP contribution < -0.4 is 15.8 Å². The number of aromatic nitrogens is 1. The summed E-state index contributed by atoms with van der Waals surface area (Å²) in [5, 5.41) is 7.23. The van der Waals surface area contributed by atoms with E-state index in [0.29, 0.717) is 16.3 Å². The van der Waals surface area contributed by atoms with Crippen molar-refractivity contribution in [1.82, 2.24) is 5.16 Å².